The van der Waals surface area contributed by atoms with Crippen molar-refractivity contribution in [1.29, 1.82) is 0 Å². The topological polar surface area (TPSA) is 99.2 Å². The quantitative estimate of drug-likeness (QED) is 0.408. The Bertz CT molecular complexity index is 864. The smallest absolute Gasteiger partial charge is 0.343 e. The number of imide groups is 1. The zero-order chi connectivity index (χ0) is 21.7. The van der Waals surface area contributed by atoms with Gasteiger partial charge < -0.3 is 14.2 Å². The first-order chi connectivity index (χ1) is 13.6. The van der Waals surface area contributed by atoms with Crippen molar-refractivity contribution >= 4 is 68.5 Å². The first-order valence-corrected chi connectivity index (χ1v) is 10.2. The maximum atomic E-state index is 12.5. The van der Waals surface area contributed by atoms with Gasteiger partial charge in [0.2, 0.25) is 0 Å². The summed E-state index contributed by atoms with van der Waals surface area (Å²) in [7, 11) is 1.24. The predicted octanol–water partition coefficient (Wildman–Crippen LogP) is 3.64. The number of amides is 2. The molecule has 156 valence electrons. The van der Waals surface area contributed by atoms with Crippen LogP contribution in [0.1, 0.15) is 19.4 Å². The van der Waals surface area contributed by atoms with Crippen LogP contribution in [0.25, 0.3) is 6.08 Å². The van der Waals surface area contributed by atoms with Crippen molar-refractivity contribution in [2.75, 3.05) is 20.3 Å². The van der Waals surface area contributed by atoms with Crippen LogP contribution in [-0.2, 0) is 23.9 Å². The molecule has 0 bridgehead atoms. The minimum absolute atomic E-state index is 0.138. The van der Waals surface area contributed by atoms with Gasteiger partial charge in [-0.25, -0.2) is 4.79 Å². The van der Waals surface area contributed by atoms with Gasteiger partial charge in [0.15, 0.2) is 12.4 Å². The molecule has 2 amide bonds. The minimum Gasteiger partial charge on any atom is -0.479 e. The third kappa shape index (κ3) is 6.22. The summed E-state index contributed by atoms with van der Waals surface area (Å²) in [6.07, 6.45) is 1.12. The summed E-state index contributed by atoms with van der Waals surface area (Å²) < 4.78 is 15.2. The van der Waals surface area contributed by atoms with Crippen LogP contribution in [0.2, 0.25) is 5.02 Å². The molecular weight excluding hydrogens is 490 g/mol. The van der Waals surface area contributed by atoms with E-state index in [2.05, 4.69) is 20.7 Å². The van der Waals surface area contributed by atoms with E-state index in [1.165, 1.54) is 19.3 Å². The Morgan fingerprint density at radius 1 is 1.28 bits per heavy atom. The molecule has 0 N–H and O–H groups in total. The van der Waals surface area contributed by atoms with Gasteiger partial charge in [-0.15, -0.1) is 0 Å². The van der Waals surface area contributed by atoms with Crippen molar-refractivity contribution in [2.24, 2.45) is 0 Å². The molecule has 1 saturated heterocycles. The molecule has 1 aromatic rings. The number of thioether (sulfide) groups is 1. The van der Waals surface area contributed by atoms with E-state index in [1.54, 1.807) is 19.9 Å². The Balaban J connectivity index is 2.17. The first kappa shape index (κ1) is 23.2. The SMILES string of the molecule is COC(=O)COc1c(Cl)cc(/C=C2/SC(=O)N(CC(=O)OC(C)C)C2=O)cc1Br. The number of carbonyl (C=O) groups is 4. The van der Waals surface area contributed by atoms with E-state index in [0.717, 1.165) is 4.90 Å². The highest BCUT2D eigenvalue weighted by molar-refractivity contribution is 9.10. The molecule has 0 aromatic heterocycles. The molecule has 1 aliphatic rings. The average molecular weight is 507 g/mol. The van der Waals surface area contributed by atoms with Crippen LogP contribution in [0.3, 0.4) is 0 Å². The third-order valence-electron chi connectivity index (χ3n) is 3.41. The van der Waals surface area contributed by atoms with Crippen LogP contribution >= 0.6 is 39.3 Å². The minimum atomic E-state index is -0.665. The van der Waals surface area contributed by atoms with E-state index in [-0.39, 0.29) is 28.4 Å². The number of esters is 2. The molecule has 0 saturated carbocycles. The number of rotatable bonds is 7. The fourth-order valence-electron chi connectivity index (χ4n) is 2.21. The molecule has 11 heteroatoms. The van der Waals surface area contributed by atoms with Gasteiger partial charge in [-0.1, -0.05) is 11.6 Å². The van der Waals surface area contributed by atoms with Crippen LogP contribution in [0.4, 0.5) is 4.79 Å². The van der Waals surface area contributed by atoms with Crippen molar-refractivity contribution in [2.45, 2.75) is 20.0 Å². The summed E-state index contributed by atoms with van der Waals surface area (Å²) in [4.78, 5) is 48.5. The second-order valence-corrected chi connectivity index (χ2v) is 8.24. The summed E-state index contributed by atoms with van der Waals surface area (Å²) in [5.74, 6) is -1.60. The number of halogens is 2. The zero-order valence-electron chi connectivity index (χ0n) is 15.7. The lowest BCUT2D eigenvalue weighted by molar-refractivity contribution is -0.149. The molecule has 1 aliphatic heterocycles. The van der Waals surface area contributed by atoms with Gasteiger partial charge in [0.05, 0.1) is 27.6 Å². The lowest BCUT2D eigenvalue weighted by atomic mass is 10.2. The van der Waals surface area contributed by atoms with Gasteiger partial charge in [-0.05, 0) is 65.3 Å². The van der Waals surface area contributed by atoms with Crippen molar-refractivity contribution in [3.8, 4) is 5.75 Å². The second-order valence-electron chi connectivity index (χ2n) is 5.98. The number of hydrogen-bond donors (Lipinski definition) is 0. The number of ether oxygens (including phenoxy) is 3. The van der Waals surface area contributed by atoms with Crippen LogP contribution in [0.15, 0.2) is 21.5 Å². The summed E-state index contributed by atoms with van der Waals surface area (Å²) in [6.45, 7) is 2.57. The molecule has 0 spiro atoms. The molecule has 8 nitrogen and oxygen atoms in total. The largest absolute Gasteiger partial charge is 0.479 e. The van der Waals surface area contributed by atoms with Crippen molar-refractivity contribution in [3.05, 3.63) is 32.1 Å². The number of carbonyl (C=O) groups excluding carboxylic acids is 4. The monoisotopic (exact) mass is 505 g/mol. The van der Waals surface area contributed by atoms with Crippen molar-refractivity contribution in [3.63, 3.8) is 0 Å². The van der Waals surface area contributed by atoms with E-state index >= 15 is 0 Å². The van der Waals surface area contributed by atoms with Gasteiger partial charge in [0.25, 0.3) is 11.1 Å². The Labute approximate surface area is 184 Å². The molecule has 0 aliphatic carbocycles. The van der Waals surface area contributed by atoms with E-state index in [0.29, 0.717) is 21.8 Å². The van der Waals surface area contributed by atoms with Gasteiger partial charge in [-0.2, -0.15) is 0 Å². The lowest BCUT2D eigenvalue weighted by Gasteiger charge is -2.13. The second kappa shape index (κ2) is 10.1. The van der Waals surface area contributed by atoms with E-state index in [4.69, 9.17) is 21.1 Å². The molecule has 1 heterocycles. The Hall–Kier alpha value is -2.04. The highest BCUT2D eigenvalue weighted by atomic mass is 79.9. The number of nitrogens with zero attached hydrogens (tertiary/aromatic N) is 1. The van der Waals surface area contributed by atoms with Gasteiger partial charge >= 0.3 is 11.9 Å². The normalized spacial score (nSPS) is 15.2. The van der Waals surface area contributed by atoms with Crippen LogP contribution in [0, 0.1) is 0 Å². The number of hydrogen-bond acceptors (Lipinski definition) is 8. The first-order valence-electron chi connectivity index (χ1n) is 8.26. The third-order valence-corrected chi connectivity index (χ3v) is 5.19. The highest BCUT2D eigenvalue weighted by Gasteiger charge is 2.36. The molecule has 2 rings (SSSR count). The van der Waals surface area contributed by atoms with Crippen LogP contribution in [0.5, 0.6) is 5.75 Å². The molecule has 0 atom stereocenters. The summed E-state index contributed by atoms with van der Waals surface area (Å²) in [5, 5.41) is -0.376. The van der Waals surface area contributed by atoms with E-state index in [9.17, 15) is 19.2 Å². The maximum absolute atomic E-state index is 12.5. The van der Waals surface area contributed by atoms with Gasteiger partial charge in [-0.3, -0.25) is 19.3 Å². The Morgan fingerprint density at radius 3 is 2.55 bits per heavy atom. The zero-order valence-corrected chi connectivity index (χ0v) is 18.9. The van der Waals surface area contributed by atoms with E-state index < -0.39 is 29.6 Å². The fourth-order valence-corrected chi connectivity index (χ4v) is 4.03. The van der Waals surface area contributed by atoms with E-state index in [1.807, 2.05) is 0 Å². The summed E-state index contributed by atoms with van der Waals surface area (Å²) in [5.41, 5.74) is 0.516. The van der Waals surface area contributed by atoms with Gasteiger partial charge in [0, 0.05) is 0 Å². The molecule has 1 aromatic carbocycles. The Morgan fingerprint density at radius 2 is 1.97 bits per heavy atom. The number of methoxy groups -OCH3 is 1. The van der Waals surface area contributed by atoms with Crippen LogP contribution in [-0.4, -0.2) is 54.4 Å². The van der Waals surface area contributed by atoms with Crippen molar-refractivity contribution in [1.82, 2.24) is 4.90 Å². The fraction of sp³-hybridized carbons (Fsp3) is 0.333. The standard InChI is InChI=1S/C18H17BrClNO7S/c1-9(2)28-14(22)7-21-17(24)13(29-18(21)25)6-10-4-11(19)16(12(20)5-10)27-8-15(23)26-3/h4-6,9H,7-8H2,1-3H3/b13-6+. The molecular formula is C18H17BrClNO7S. The highest BCUT2D eigenvalue weighted by Crippen LogP contribution is 2.37. The summed E-state index contributed by atoms with van der Waals surface area (Å²) in [6, 6.07) is 3.12. The summed E-state index contributed by atoms with van der Waals surface area (Å²) >= 11 is 10.2. The van der Waals surface area contributed by atoms with Gasteiger partial charge in [0.1, 0.15) is 6.54 Å². The van der Waals surface area contributed by atoms with Crippen molar-refractivity contribution < 1.29 is 33.4 Å². The molecule has 1 fully saturated rings. The molecule has 0 unspecified atom stereocenters. The molecule has 29 heavy (non-hydrogen) atoms. The average Bonchev–Trinajstić information content (AvgIpc) is 2.87. The number of benzene rings is 1. The lowest BCUT2D eigenvalue weighted by Crippen LogP contribution is -2.35. The predicted molar refractivity (Wildman–Crippen MR) is 111 cm³/mol. The molecule has 0 radical (unpaired) electrons. The van der Waals surface area contributed by atoms with Crippen LogP contribution < -0.4 is 4.74 Å². The maximum Gasteiger partial charge on any atom is 0.343 e. The Kier molecular flexibility index (Phi) is 8.12.